The molecule has 0 unspecified atom stereocenters. The second-order valence-electron chi connectivity index (χ2n) is 9.65. The van der Waals surface area contributed by atoms with Gasteiger partial charge in [-0.3, -0.25) is 9.69 Å². The molecule has 0 spiro atoms. The van der Waals surface area contributed by atoms with E-state index in [2.05, 4.69) is 77.0 Å². The SMILES string of the molecule is COC(=O)N(C)[C@H](C(=O)N1CCC[C@H]1c1ncc(-c2ccc(I)c(-c3ccccc3C)c2)[nH]1)C(C)C. The topological polar surface area (TPSA) is 78.5 Å². The zero-order chi connectivity index (χ0) is 26.0. The van der Waals surface area contributed by atoms with E-state index in [1.165, 1.54) is 32.3 Å². The van der Waals surface area contributed by atoms with Gasteiger partial charge in [0.25, 0.3) is 0 Å². The minimum atomic E-state index is -0.597. The van der Waals surface area contributed by atoms with E-state index in [9.17, 15) is 9.59 Å². The number of aromatic nitrogens is 2. The molecule has 8 heteroatoms. The Morgan fingerprint density at radius 1 is 1.19 bits per heavy atom. The van der Waals surface area contributed by atoms with Gasteiger partial charge in [0.05, 0.1) is 25.0 Å². The monoisotopic (exact) mass is 600 g/mol. The lowest BCUT2D eigenvalue weighted by atomic mass is 9.98. The van der Waals surface area contributed by atoms with Crippen LogP contribution in [-0.4, -0.2) is 58.5 Å². The number of aryl methyl sites for hydroxylation is 1. The van der Waals surface area contributed by atoms with Crippen molar-refractivity contribution in [1.82, 2.24) is 19.8 Å². The molecule has 1 aliphatic heterocycles. The molecule has 2 heterocycles. The summed E-state index contributed by atoms with van der Waals surface area (Å²) in [6.45, 7) is 6.65. The van der Waals surface area contributed by atoms with Gasteiger partial charge in [0.1, 0.15) is 11.9 Å². The van der Waals surface area contributed by atoms with E-state index in [0.29, 0.717) is 6.54 Å². The van der Waals surface area contributed by atoms with Crippen LogP contribution < -0.4 is 0 Å². The predicted octanol–water partition coefficient (Wildman–Crippen LogP) is 6.04. The summed E-state index contributed by atoms with van der Waals surface area (Å²) in [7, 11) is 2.95. The number of nitrogens with zero attached hydrogens (tertiary/aromatic N) is 3. The van der Waals surface area contributed by atoms with E-state index in [1.54, 1.807) is 7.05 Å². The second kappa shape index (κ2) is 11.0. The van der Waals surface area contributed by atoms with Gasteiger partial charge in [0, 0.05) is 22.7 Å². The number of nitrogens with one attached hydrogen (secondary N) is 1. The van der Waals surface area contributed by atoms with Crippen LogP contribution in [-0.2, 0) is 9.53 Å². The number of aromatic amines is 1. The van der Waals surface area contributed by atoms with Gasteiger partial charge in [-0.1, -0.05) is 44.2 Å². The maximum atomic E-state index is 13.6. The summed E-state index contributed by atoms with van der Waals surface area (Å²) in [4.78, 5) is 37.2. The van der Waals surface area contributed by atoms with E-state index >= 15 is 0 Å². The van der Waals surface area contributed by atoms with Crippen molar-refractivity contribution in [3.63, 3.8) is 0 Å². The molecule has 1 aromatic heterocycles. The number of imidazole rings is 1. The fourth-order valence-electron chi connectivity index (χ4n) is 5.07. The van der Waals surface area contributed by atoms with Crippen LogP contribution in [0.25, 0.3) is 22.4 Å². The third-order valence-corrected chi connectivity index (χ3v) is 7.86. The molecular formula is C28H33IN4O3. The van der Waals surface area contributed by atoms with Crippen molar-refractivity contribution in [2.45, 2.75) is 45.7 Å². The first-order valence-electron chi connectivity index (χ1n) is 12.2. The third kappa shape index (κ3) is 5.14. The first kappa shape index (κ1) is 26.2. The molecule has 2 aromatic carbocycles. The molecular weight excluding hydrogens is 567 g/mol. The van der Waals surface area contributed by atoms with Gasteiger partial charge in [0.2, 0.25) is 5.91 Å². The second-order valence-corrected chi connectivity index (χ2v) is 10.8. The minimum absolute atomic E-state index is 0.0540. The van der Waals surface area contributed by atoms with Gasteiger partial charge in [0.15, 0.2) is 0 Å². The van der Waals surface area contributed by atoms with Gasteiger partial charge in [-0.05, 0) is 77.1 Å². The maximum Gasteiger partial charge on any atom is 0.409 e. The highest BCUT2D eigenvalue weighted by Gasteiger charge is 2.39. The predicted molar refractivity (Wildman–Crippen MR) is 149 cm³/mol. The molecule has 4 rings (SSSR count). The van der Waals surface area contributed by atoms with Crippen LogP contribution in [0.15, 0.2) is 48.7 Å². The number of carbonyl (C=O) groups excluding carboxylic acids is 2. The van der Waals surface area contributed by atoms with Gasteiger partial charge in [-0.15, -0.1) is 0 Å². The molecule has 0 saturated carbocycles. The highest BCUT2D eigenvalue weighted by molar-refractivity contribution is 14.1. The molecule has 0 bridgehead atoms. The van der Waals surface area contributed by atoms with E-state index in [4.69, 9.17) is 9.72 Å². The Hall–Kier alpha value is -2.88. The number of likely N-dealkylation sites (tertiary alicyclic amines) is 1. The number of amides is 2. The van der Waals surface area contributed by atoms with Gasteiger partial charge in [-0.25, -0.2) is 9.78 Å². The van der Waals surface area contributed by atoms with E-state index in [-0.39, 0.29) is 17.9 Å². The molecule has 0 aliphatic carbocycles. The highest BCUT2D eigenvalue weighted by Crippen LogP contribution is 2.35. The smallest absolute Gasteiger partial charge is 0.409 e. The lowest BCUT2D eigenvalue weighted by Gasteiger charge is -2.34. The molecule has 1 aliphatic rings. The molecule has 7 nitrogen and oxygen atoms in total. The van der Waals surface area contributed by atoms with Crippen LogP contribution >= 0.6 is 22.6 Å². The van der Waals surface area contributed by atoms with Gasteiger partial charge >= 0.3 is 6.09 Å². The Balaban J connectivity index is 1.61. The summed E-state index contributed by atoms with van der Waals surface area (Å²) in [5.41, 5.74) is 5.60. The number of likely N-dealkylation sites (N-methyl/N-ethyl adjacent to an activating group) is 1. The molecule has 36 heavy (non-hydrogen) atoms. The van der Waals surface area contributed by atoms with Crippen LogP contribution in [0.2, 0.25) is 0 Å². The summed E-state index contributed by atoms with van der Waals surface area (Å²) in [5, 5.41) is 0. The van der Waals surface area contributed by atoms with Crippen molar-refractivity contribution in [1.29, 1.82) is 0 Å². The Kier molecular flexibility index (Phi) is 8.02. The first-order valence-corrected chi connectivity index (χ1v) is 13.3. The molecule has 190 valence electrons. The normalized spacial score (nSPS) is 16.3. The fourth-order valence-corrected chi connectivity index (χ4v) is 5.69. The van der Waals surface area contributed by atoms with E-state index in [1.807, 2.05) is 24.9 Å². The average Bonchev–Trinajstić information content (AvgIpc) is 3.54. The summed E-state index contributed by atoms with van der Waals surface area (Å²) in [6, 6.07) is 14.1. The van der Waals surface area contributed by atoms with Crippen LogP contribution in [0.5, 0.6) is 0 Å². The third-order valence-electron chi connectivity index (χ3n) is 6.92. The lowest BCUT2D eigenvalue weighted by molar-refractivity contribution is -0.138. The number of ether oxygens (including phenoxy) is 1. The van der Waals surface area contributed by atoms with E-state index in [0.717, 1.165) is 29.9 Å². The first-order chi connectivity index (χ1) is 17.2. The Morgan fingerprint density at radius 3 is 2.64 bits per heavy atom. The summed E-state index contributed by atoms with van der Waals surface area (Å²) >= 11 is 2.38. The lowest BCUT2D eigenvalue weighted by Crippen LogP contribution is -2.51. The average molecular weight is 601 g/mol. The summed E-state index contributed by atoms with van der Waals surface area (Å²) in [6.07, 6.45) is 3.05. The zero-order valence-electron chi connectivity index (χ0n) is 21.4. The minimum Gasteiger partial charge on any atom is -0.453 e. The number of hydrogen-bond donors (Lipinski definition) is 1. The van der Waals surface area contributed by atoms with Crippen molar-refractivity contribution in [2.75, 3.05) is 20.7 Å². The standard InChI is InChI=1S/C28H33IN4O3/c1-17(2)25(32(4)28(35)36-5)27(34)33-14-8-11-24(33)26-30-16-23(31-26)19-12-13-22(29)21(15-19)20-10-7-6-9-18(20)3/h6-7,9-10,12-13,15-17,24-25H,8,11,14H2,1-5H3,(H,30,31)/t24-,25-/m0/s1. The Morgan fingerprint density at radius 2 is 1.94 bits per heavy atom. The maximum absolute atomic E-state index is 13.6. The molecule has 2 atom stereocenters. The van der Waals surface area contributed by atoms with Crippen LogP contribution in [0.4, 0.5) is 4.79 Å². The molecule has 3 aromatic rings. The molecule has 2 amide bonds. The van der Waals surface area contributed by atoms with Crippen molar-refractivity contribution in [3.05, 3.63) is 63.6 Å². The van der Waals surface area contributed by atoms with Crippen molar-refractivity contribution >= 4 is 34.6 Å². The molecule has 1 N–H and O–H groups in total. The van der Waals surface area contributed by atoms with Crippen molar-refractivity contribution < 1.29 is 14.3 Å². The summed E-state index contributed by atoms with van der Waals surface area (Å²) < 4.78 is 6.06. The highest BCUT2D eigenvalue weighted by atomic mass is 127. The van der Waals surface area contributed by atoms with Crippen LogP contribution in [0, 0.1) is 16.4 Å². The van der Waals surface area contributed by atoms with Gasteiger partial charge in [-0.2, -0.15) is 0 Å². The fraction of sp³-hybridized carbons (Fsp3) is 0.393. The largest absolute Gasteiger partial charge is 0.453 e. The van der Waals surface area contributed by atoms with Gasteiger partial charge < -0.3 is 14.6 Å². The number of benzene rings is 2. The number of carbonyl (C=O) groups is 2. The quantitative estimate of drug-likeness (QED) is 0.350. The number of hydrogen-bond acceptors (Lipinski definition) is 4. The van der Waals surface area contributed by atoms with Crippen molar-refractivity contribution in [3.8, 4) is 22.4 Å². The number of methoxy groups -OCH3 is 1. The Labute approximate surface area is 226 Å². The zero-order valence-corrected chi connectivity index (χ0v) is 23.6. The summed E-state index contributed by atoms with van der Waals surface area (Å²) in [5.74, 6) is 0.645. The molecule has 1 saturated heterocycles. The Bertz CT molecular complexity index is 1260. The number of halogens is 1. The van der Waals surface area contributed by atoms with Crippen LogP contribution in [0.3, 0.4) is 0 Å². The van der Waals surface area contributed by atoms with Crippen molar-refractivity contribution in [2.24, 2.45) is 5.92 Å². The molecule has 0 radical (unpaired) electrons. The number of H-pyrrole nitrogens is 1. The molecule has 1 fully saturated rings. The van der Waals surface area contributed by atoms with E-state index < -0.39 is 12.1 Å². The number of rotatable bonds is 6. The van der Waals surface area contributed by atoms with Crippen LogP contribution in [0.1, 0.15) is 44.1 Å².